The summed E-state index contributed by atoms with van der Waals surface area (Å²) in [6.45, 7) is 0. The Hall–Kier alpha value is -3.15. The molecule has 0 aliphatic rings. The minimum absolute atomic E-state index is 0.227. The fraction of sp³-hybridized carbons (Fsp3) is 0.167. The van der Waals surface area contributed by atoms with E-state index in [1.165, 1.54) is 21.3 Å². The van der Waals surface area contributed by atoms with Crippen LogP contribution in [-0.2, 0) is 0 Å². The van der Waals surface area contributed by atoms with Crippen LogP contribution in [0.5, 0.6) is 17.2 Å². The summed E-state index contributed by atoms with van der Waals surface area (Å²) in [5.41, 5.74) is 2.09. The second-order valence-corrected chi connectivity index (χ2v) is 5.13. The molecule has 6 nitrogen and oxygen atoms in total. The Morgan fingerprint density at radius 2 is 1.71 bits per heavy atom. The lowest BCUT2D eigenvalue weighted by atomic mass is 10.0. The van der Waals surface area contributed by atoms with Gasteiger partial charge in [-0.3, -0.25) is 0 Å². The van der Waals surface area contributed by atoms with Gasteiger partial charge in [0.25, 0.3) is 0 Å². The van der Waals surface area contributed by atoms with Crippen LogP contribution < -0.4 is 14.2 Å². The number of rotatable bonds is 5. The SMILES string of the molecule is COc1cc(-c2cn3ccccc3c2C(=O)O)cc(OC)c1OC. The molecule has 0 spiro atoms. The van der Waals surface area contributed by atoms with E-state index in [1.54, 1.807) is 34.9 Å². The Bertz CT molecular complexity index is 888. The highest BCUT2D eigenvalue weighted by atomic mass is 16.5. The van der Waals surface area contributed by atoms with Gasteiger partial charge in [0, 0.05) is 18.0 Å². The van der Waals surface area contributed by atoms with Crippen molar-refractivity contribution < 1.29 is 24.1 Å². The zero-order chi connectivity index (χ0) is 17.3. The Morgan fingerprint density at radius 3 is 2.25 bits per heavy atom. The minimum atomic E-state index is -0.993. The monoisotopic (exact) mass is 327 g/mol. The van der Waals surface area contributed by atoms with Gasteiger partial charge < -0.3 is 23.7 Å². The first-order chi connectivity index (χ1) is 11.6. The van der Waals surface area contributed by atoms with E-state index in [2.05, 4.69) is 0 Å². The molecule has 0 unspecified atom stereocenters. The van der Waals surface area contributed by atoms with Gasteiger partial charge in [-0.2, -0.15) is 0 Å². The molecule has 6 heteroatoms. The highest BCUT2D eigenvalue weighted by molar-refractivity contribution is 6.04. The lowest BCUT2D eigenvalue weighted by Gasteiger charge is -2.14. The summed E-state index contributed by atoms with van der Waals surface area (Å²) in [6, 6.07) is 8.90. The van der Waals surface area contributed by atoms with Gasteiger partial charge in [0.05, 0.1) is 32.4 Å². The number of fused-ring (bicyclic) bond motifs is 1. The quantitative estimate of drug-likeness (QED) is 0.778. The van der Waals surface area contributed by atoms with Crippen LogP contribution in [0.4, 0.5) is 0 Å². The average molecular weight is 327 g/mol. The van der Waals surface area contributed by atoms with Crippen molar-refractivity contribution in [2.75, 3.05) is 21.3 Å². The second kappa shape index (κ2) is 6.16. The van der Waals surface area contributed by atoms with Crippen molar-refractivity contribution in [1.82, 2.24) is 4.40 Å². The summed E-state index contributed by atoms with van der Waals surface area (Å²) < 4.78 is 17.8. The molecule has 0 aliphatic heterocycles. The number of carbonyl (C=O) groups is 1. The molecule has 3 aromatic rings. The van der Waals surface area contributed by atoms with Crippen LogP contribution in [0.3, 0.4) is 0 Å². The standard InChI is InChI=1S/C18H17NO5/c1-22-14-8-11(9-15(23-2)17(14)24-3)12-10-19-7-5-4-6-13(19)16(12)18(20)21/h4-10H,1-3H3,(H,20,21). The number of aromatic carboxylic acids is 1. The van der Waals surface area contributed by atoms with Crippen LogP contribution in [0.15, 0.2) is 42.7 Å². The van der Waals surface area contributed by atoms with Gasteiger partial charge in [0.2, 0.25) is 5.75 Å². The predicted molar refractivity (Wildman–Crippen MR) is 89.4 cm³/mol. The van der Waals surface area contributed by atoms with E-state index in [4.69, 9.17) is 14.2 Å². The molecule has 124 valence electrons. The first-order valence-corrected chi connectivity index (χ1v) is 7.24. The maximum absolute atomic E-state index is 11.8. The van der Waals surface area contributed by atoms with Crippen LogP contribution in [-0.4, -0.2) is 36.8 Å². The molecule has 0 saturated heterocycles. The smallest absolute Gasteiger partial charge is 0.338 e. The minimum Gasteiger partial charge on any atom is -0.493 e. The van der Waals surface area contributed by atoms with Crippen LogP contribution >= 0.6 is 0 Å². The zero-order valence-corrected chi connectivity index (χ0v) is 13.6. The van der Waals surface area contributed by atoms with Gasteiger partial charge in [0.1, 0.15) is 0 Å². The lowest BCUT2D eigenvalue weighted by Crippen LogP contribution is -1.99. The Kier molecular flexibility index (Phi) is 4.04. The molecule has 0 fully saturated rings. The fourth-order valence-corrected chi connectivity index (χ4v) is 2.80. The number of hydrogen-bond donors (Lipinski definition) is 1. The summed E-state index contributed by atoms with van der Waals surface area (Å²) in [7, 11) is 4.57. The van der Waals surface area contributed by atoms with Crippen molar-refractivity contribution in [3.63, 3.8) is 0 Å². The van der Waals surface area contributed by atoms with Gasteiger partial charge in [-0.25, -0.2) is 4.79 Å². The molecule has 0 amide bonds. The van der Waals surface area contributed by atoms with E-state index in [1.807, 2.05) is 12.3 Å². The third-order valence-electron chi connectivity index (χ3n) is 3.87. The molecule has 0 aliphatic carbocycles. The summed E-state index contributed by atoms with van der Waals surface area (Å²) in [4.78, 5) is 11.8. The van der Waals surface area contributed by atoms with Crippen LogP contribution in [0, 0.1) is 0 Å². The number of carboxylic acids is 1. The normalized spacial score (nSPS) is 10.6. The largest absolute Gasteiger partial charge is 0.493 e. The molecule has 0 saturated carbocycles. The van der Waals surface area contributed by atoms with Crippen LogP contribution in [0.2, 0.25) is 0 Å². The molecule has 0 bridgehead atoms. The van der Waals surface area contributed by atoms with Crippen molar-refractivity contribution in [3.8, 4) is 28.4 Å². The maximum Gasteiger partial charge on any atom is 0.338 e. The third-order valence-corrected chi connectivity index (χ3v) is 3.87. The zero-order valence-electron chi connectivity index (χ0n) is 13.6. The van der Waals surface area contributed by atoms with Crippen LogP contribution in [0.1, 0.15) is 10.4 Å². The molecule has 0 radical (unpaired) electrons. The number of benzene rings is 1. The number of methoxy groups -OCH3 is 3. The molecule has 2 heterocycles. The molecule has 0 atom stereocenters. The van der Waals surface area contributed by atoms with Crippen molar-refractivity contribution >= 4 is 11.5 Å². The first kappa shape index (κ1) is 15.7. The van der Waals surface area contributed by atoms with E-state index < -0.39 is 5.97 Å². The van der Waals surface area contributed by atoms with Crippen molar-refractivity contribution in [3.05, 3.63) is 48.3 Å². The Labute approximate surface area is 138 Å². The lowest BCUT2D eigenvalue weighted by molar-refractivity contribution is 0.0700. The molecular weight excluding hydrogens is 310 g/mol. The maximum atomic E-state index is 11.8. The van der Waals surface area contributed by atoms with E-state index in [9.17, 15) is 9.90 Å². The van der Waals surface area contributed by atoms with Gasteiger partial charge in [-0.05, 0) is 29.8 Å². The molecular formula is C18H17NO5. The predicted octanol–water partition coefficient (Wildman–Crippen LogP) is 3.33. The number of hydrogen-bond acceptors (Lipinski definition) is 4. The Balaban J connectivity index is 2.31. The summed E-state index contributed by atoms with van der Waals surface area (Å²) in [5, 5.41) is 9.67. The number of nitrogens with zero attached hydrogens (tertiary/aromatic N) is 1. The van der Waals surface area contributed by atoms with E-state index in [0.29, 0.717) is 33.9 Å². The van der Waals surface area contributed by atoms with Gasteiger partial charge in [0.15, 0.2) is 11.5 Å². The number of pyridine rings is 1. The third kappa shape index (κ3) is 2.42. The molecule has 2 aromatic heterocycles. The average Bonchev–Trinajstić information content (AvgIpc) is 3.00. The number of ether oxygens (including phenoxy) is 3. The van der Waals surface area contributed by atoms with E-state index in [-0.39, 0.29) is 5.56 Å². The van der Waals surface area contributed by atoms with E-state index >= 15 is 0 Å². The van der Waals surface area contributed by atoms with Crippen molar-refractivity contribution in [1.29, 1.82) is 0 Å². The van der Waals surface area contributed by atoms with Gasteiger partial charge in [-0.1, -0.05) is 6.07 Å². The summed E-state index contributed by atoms with van der Waals surface area (Å²) in [5.74, 6) is 0.411. The van der Waals surface area contributed by atoms with E-state index in [0.717, 1.165) is 0 Å². The molecule has 24 heavy (non-hydrogen) atoms. The fourth-order valence-electron chi connectivity index (χ4n) is 2.80. The molecule has 3 rings (SSSR count). The Morgan fingerprint density at radius 1 is 1.04 bits per heavy atom. The first-order valence-electron chi connectivity index (χ1n) is 7.24. The van der Waals surface area contributed by atoms with Crippen molar-refractivity contribution in [2.45, 2.75) is 0 Å². The van der Waals surface area contributed by atoms with Gasteiger partial charge in [-0.15, -0.1) is 0 Å². The topological polar surface area (TPSA) is 69.4 Å². The highest BCUT2D eigenvalue weighted by Gasteiger charge is 2.21. The second-order valence-electron chi connectivity index (χ2n) is 5.13. The van der Waals surface area contributed by atoms with Crippen molar-refractivity contribution in [2.24, 2.45) is 0 Å². The summed E-state index contributed by atoms with van der Waals surface area (Å²) >= 11 is 0. The number of aromatic nitrogens is 1. The molecule has 1 aromatic carbocycles. The number of carboxylic acid groups (broad SMARTS) is 1. The van der Waals surface area contributed by atoms with Crippen LogP contribution in [0.25, 0.3) is 16.6 Å². The van der Waals surface area contributed by atoms with Gasteiger partial charge >= 0.3 is 5.97 Å². The summed E-state index contributed by atoms with van der Waals surface area (Å²) in [6.07, 6.45) is 3.59. The highest BCUT2D eigenvalue weighted by Crippen LogP contribution is 2.42. The molecule has 1 N–H and O–H groups in total.